The van der Waals surface area contributed by atoms with Crippen molar-refractivity contribution in [2.45, 2.75) is 6.42 Å². The second-order valence-electron chi connectivity index (χ2n) is 3.57. The van der Waals surface area contributed by atoms with Crippen LogP contribution in [0.4, 0.5) is 5.82 Å². The van der Waals surface area contributed by atoms with Crippen LogP contribution in [-0.2, 0) is 9.53 Å². The fourth-order valence-electron chi connectivity index (χ4n) is 1.10. The number of hydrogen-bond donors (Lipinski definition) is 1. The van der Waals surface area contributed by atoms with Crippen LogP contribution in [0.3, 0.4) is 0 Å². The number of pyridine rings is 1. The first-order chi connectivity index (χ1) is 8.61. The summed E-state index contributed by atoms with van der Waals surface area (Å²) in [6.07, 6.45) is 3.79. The van der Waals surface area contributed by atoms with Crippen LogP contribution < -0.4 is 5.32 Å². The number of aromatic nitrogens is 1. The molecule has 0 saturated carbocycles. The van der Waals surface area contributed by atoms with Gasteiger partial charge in [-0.15, -0.1) is 0 Å². The summed E-state index contributed by atoms with van der Waals surface area (Å²) in [6.45, 7) is 7.75. The van der Waals surface area contributed by atoms with Crippen LogP contribution >= 0.6 is 11.6 Å². The summed E-state index contributed by atoms with van der Waals surface area (Å²) in [7, 11) is 0. The lowest BCUT2D eigenvalue weighted by molar-refractivity contribution is -0.120. The zero-order valence-electron chi connectivity index (χ0n) is 9.99. The van der Waals surface area contributed by atoms with Gasteiger partial charge in [-0.3, -0.25) is 4.79 Å². The number of anilines is 1. The quantitative estimate of drug-likeness (QED) is 0.610. The van der Waals surface area contributed by atoms with E-state index in [1.807, 2.05) is 0 Å². The maximum absolute atomic E-state index is 11.5. The highest BCUT2D eigenvalue weighted by Crippen LogP contribution is 2.09. The Labute approximate surface area is 111 Å². The van der Waals surface area contributed by atoms with Crippen LogP contribution in [0.25, 0.3) is 0 Å². The van der Waals surface area contributed by atoms with Crippen molar-refractivity contribution in [1.82, 2.24) is 4.98 Å². The monoisotopic (exact) mass is 266 g/mol. The van der Waals surface area contributed by atoms with E-state index in [0.29, 0.717) is 23.9 Å². The molecule has 0 aliphatic carbocycles. The molecule has 1 aromatic rings. The molecule has 0 aliphatic heterocycles. The van der Waals surface area contributed by atoms with Crippen molar-refractivity contribution >= 4 is 23.3 Å². The van der Waals surface area contributed by atoms with Gasteiger partial charge >= 0.3 is 0 Å². The zero-order chi connectivity index (χ0) is 13.4. The standard InChI is InChI=1S/C13H15ClN2O2/c1-3-10(2)6-7-18-9-13(17)16-12-5-4-11(14)8-15-12/h3-5,8H,1-2,6-7,9H2,(H,15,16,17). The Bertz CT molecular complexity index is 429. The number of ether oxygens (including phenoxy) is 1. The SMILES string of the molecule is C=CC(=C)CCOCC(=O)Nc1ccc(Cl)cn1. The van der Waals surface area contributed by atoms with Gasteiger partial charge in [-0.05, 0) is 18.6 Å². The number of amides is 1. The van der Waals surface area contributed by atoms with Crippen molar-refractivity contribution in [2.75, 3.05) is 18.5 Å². The topological polar surface area (TPSA) is 51.2 Å². The molecular formula is C13H15ClN2O2. The number of nitrogens with zero attached hydrogens (tertiary/aromatic N) is 1. The van der Waals surface area contributed by atoms with Gasteiger partial charge in [-0.1, -0.05) is 36.4 Å². The van der Waals surface area contributed by atoms with Gasteiger partial charge in [-0.25, -0.2) is 4.98 Å². The van der Waals surface area contributed by atoms with E-state index in [-0.39, 0.29) is 12.5 Å². The van der Waals surface area contributed by atoms with Crippen LogP contribution in [0.2, 0.25) is 5.02 Å². The number of carbonyl (C=O) groups is 1. The molecule has 0 bridgehead atoms. The van der Waals surface area contributed by atoms with E-state index >= 15 is 0 Å². The second kappa shape index (κ2) is 7.63. The summed E-state index contributed by atoms with van der Waals surface area (Å²) in [4.78, 5) is 15.4. The van der Waals surface area contributed by atoms with E-state index in [9.17, 15) is 4.79 Å². The van der Waals surface area contributed by atoms with Crippen LogP contribution in [0.1, 0.15) is 6.42 Å². The summed E-state index contributed by atoms with van der Waals surface area (Å²) in [5.41, 5.74) is 0.884. The van der Waals surface area contributed by atoms with E-state index in [4.69, 9.17) is 16.3 Å². The molecule has 5 heteroatoms. The maximum Gasteiger partial charge on any atom is 0.251 e. The van der Waals surface area contributed by atoms with Gasteiger partial charge in [-0.2, -0.15) is 0 Å². The van der Waals surface area contributed by atoms with Gasteiger partial charge in [0, 0.05) is 6.20 Å². The van der Waals surface area contributed by atoms with Crippen molar-refractivity contribution in [2.24, 2.45) is 0 Å². The lowest BCUT2D eigenvalue weighted by Crippen LogP contribution is -2.19. The van der Waals surface area contributed by atoms with Gasteiger partial charge in [0.15, 0.2) is 0 Å². The third-order valence-corrected chi connectivity index (χ3v) is 2.31. The molecule has 0 aromatic carbocycles. The number of halogens is 1. The second-order valence-corrected chi connectivity index (χ2v) is 4.01. The first-order valence-electron chi connectivity index (χ1n) is 5.41. The summed E-state index contributed by atoms with van der Waals surface area (Å²) in [5, 5.41) is 3.12. The van der Waals surface area contributed by atoms with Gasteiger partial charge in [0.1, 0.15) is 12.4 Å². The predicted molar refractivity (Wildman–Crippen MR) is 72.6 cm³/mol. The van der Waals surface area contributed by atoms with Crippen molar-refractivity contribution in [3.63, 3.8) is 0 Å². The molecule has 1 N–H and O–H groups in total. The Morgan fingerprint density at radius 2 is 2.33 bits per heavy atom. The van der Waals surface area contributed by atoms with Crippen molar-refractivity contribution in [1.29, 1.82) is 0 Å². The Hall–Kier alpha value is -1.65. The van der Waals surface area contributed by atoms with Crippen LogP contribution in [-0.4, -0.2) is 24.1 Å². The van der Waals surface area contributed by atoms with Gasteiger partial charge in [0.2, 0.25) is 0 Å². The fraction of sp³-hybridized carbons (Fsp3) is 0.231. The first kappa shape index (κ1) is 14.4. The third kappa shape index (κ3) is 5.61. The highest BCUT2D eigenvalue weighted by atomic mass is 35.5. The minimum absolute atomic E-state index is 0.0191. The highest BCUT2D eigenvalue weighted by molar-refractivity contribution is 6.30. The van der Waals surface area contributed by atoms with Crippen LogP contribution in [0.15, 0.2) is 43.1 Å². The first-order valence-corrected chi connectivity index (χ1v) is 5.79. The molecule has 0 aliphatic rings. The minimum atomic E-state index is -0.256. The fourth-order valence-corrected chi connectivity index (χ4v) is 1.21. The van der Waals surface area contributed by atoms with Gasteiger partial charge < -0.3 is 10.1 Å². The number of allylic oxidation sites excluding steroid dienone is 1. The number of carbonyl (C=O) groups excluding carboxylic acids is 1. The molecule has 1 aromatic heterocycles. The number of nitrogens with one attached hydrogen (secondary N) is 1. The van der Waals surface area contributed by atoms with Gasteiger partial charge in [0.05, 0.1) is 11.6 Å². The largest absolute Gasteiger partial charge is 0.371 e. The van der Waals surface area contributed by atoms with Crippen LogP contribution in [0.5, 0.6) is 0 Å². The van der Waals surface area contributed by atoms with Crippen molar-refractivity contribution in [3.8, 4) is 0 Å². The normalized spacial score (nSPS) is 9.83. The zero-order valence-corrected chi connectivity index (χ0v) is 10.7. The van der Waals surface area contributed by atoms with E-state index < -0.39 is 0 Å². The van der Waals surface area contributed by atoms with Crippen LogP contribution in [0, 0.1) is 0 Å². The Balaban J connectivity index is 2.23. The predicted octanol–water partition coefficient (Wildman–Crippen LogP) is 2.82. The van der Waals surface area contributed by atoms with Gasteiger partial charge in [0.25, 0.3) is 5.91 Å². The molecule has 18 heavy (non-hydrogen) atoms. The van der Waals surface area contributed by atoms with Crippen molar-refractivity contribution in [3.05, 3.63) is 48.2 Å². The minimum Gasteiger partial charge on any atom is -0.371 e. The number of rotatable bonds is 7. The molecule has 0 fully saturated rings. The third-order valence-electron chi connectivity index (χ3n) is 2.08. The summed E-state index contributed by atoms with van der Waals surface area (Å²) in [6, 6.07) is 3.28. The molecule has 96 valence electrons. The molecule has 0 radical (unpaired) electrons. The average Bonchev–Trinajstić information content (AvgIpc) is 2.37. The molecule has 0 spiro atoms. The summed E-state index contributed by atoms with van der Waals surface area (Å²) < 4.78 is 5.19. The molecule has 1 amide bonds. The maximum atomic E-state index is 11.5. The lowest BCUT2D eigenvalue weighted by Gasteiger charge is -2.05. The smallest absolute Gasteiger partial charge is 0.251 e. The van der Waals surface area contributed by atoms with E-state index in [2.05, 4.69) is 23.5 Å². The summed E-state index contributed by atoms with van der Waals surface area (Å²) in [5.74, 6) is 0.192. The summed E-state index contributed by atoms with van der Waals surface area (Å²) >= 11 is 5.68. The average molecular weight is 267 g/mol. The molecule has 0 atom stereocenters. The lowest BCUT2D eigenvalue weighted by atomic mass is 10.2. The van der Waals surface area contributed by atoms with Crippen molar-refractivity contribution < 1.29 is 9.53 Å². The van der Waals surface area contributed by atoms with E-state index in [1.54, 1.807) is 18.2 Å². The molecule has 4 nitrogen and oxygen atoms in total. The molecular weight excluding hydrogens is 252 g/mol. The van der Waals surface area contributed by atoms with E-state index in [0.717, 1.165) is 5.57 Å². The molecule has 0 unspecified atom stereocenters. The Morgan fingerprint density at radius 1 is 1.56 bits per heavy atom. The highest BCUT2D eigenvalue weighted by Gasteiger charge is 2.03. The molecule has 1 heterocycles. The Kier molecular flexibility index (Phi) is 6.11. The Morgan fingerprint density at radius 3 is 2.94 bits per heavy atom. The van der Waals surface area contributed by atoms with E-state index in [1.165, 1.54) is 6.20 Å². The molecule has 1 rings (SSSR count). The number of hydrogen-bond acceptors (Lipinski definition) is 3. The molecule has 0 saturated heterocycles.